The molecule has 0 bridgehead atoms. The predicted octanol–water partition coefficient (Wildman–Crippen LogP) is 6.89. The quantitative estimate of drug-likeness (QED) is 0.362. The van der Waals surface area contributed by atoms with Crippen LogP contribution in [0, 0.1) is 0 Å². The molecule has 184 valence electrons. The number of nitrogens with one attached hydrogen (secondary N) is 1. The molecule has 1 aliphatic heterocycles. The van der Waals surface area contributed by atoms with E-state index in [2.05, 4.69) is 58.3 Å². The first-order valence-corrected chi connectivity index (χ1v) is 12.8. The van der Waals surface area contributed by atoms with E-state index in [0.717, 1.165) is 59.3 Å². The smallest absolute Gasteiger partial charge is 0.226 e. The Kier molecular flexibility index (Phi) is 6.74. The van der Waals surface area contributed by atoms with Gasteiger partial charge < -0.3 is 19.7 Å². The van der Waals surface area contributed by atoms with E-state index in [1.165, 1.54) is 19.3 Å². The van der Waals surface area contributed by atoms with Crippen molar-refractivity contribution in [1.29, 1.82) is 0 Å². The topological polar surface area (TPSA) is 59.5 Å². The summed E-state index contributed by atoms with van der Waals surface area (Å²) in [6.45, 7) is 5.87. The molecule has 2 heterocycles. The summed E-state index contributed by atoms with van der Waals surface area (Å²) < 4.78 is 11.5. The third-order valence-corrected chi connectivity index (χ3v) is 7.14. The van der Waals surface area contributed by atoms with Gasteiger partial charge in [-0.2, -0.15) is 4.98 Å². The number of nitrogens with zero attached hydrogens (tertiary/aromatic N) is 3. The largest absolute Gasteiger partial charge is 0.497 e. The Morgan fingerprint density at radius 3 is 2.34 bits per heavy atom. The van der Waals surface area contributed by atoms with Crippen molar-refractivity contribution in [1.82, 2.24) is 9.97 Å². The Morgan fingerprint density at radius 1 is 0.971 bits per heavy atom. The fourth-order valence-electron chi connectivity index (χ4n) is 5.14. The second-order valence-corrected chi connectivity index (χ2v) is 10.4. The highest BCUT2D eigenvalue weighted by Crippen LogP contribution is 2.46. The van der Waals surface area contributed by atoms with Crippen molar-refractivity contribution >= 4 is 28.9 Å². The van der Waals surface area contributed by atoms with Gasteiger partial charge in [-0.1, -0.05) is 32.4 Å². The maximum Gasteiger partial charge on any atom is 0.226 e. The summed E-state index contributed by atoms with van der Waals surface area (Å²) in [6, 6.07) is 16.4. The minimum Gasteiger partial charge on any atom is -0.497 e. The average molecular weight is 493 g/mol. The van der Waals surface area contributed by atoms with Crippen LogP contribution in [0.5, 0.6) is 11.5 Å². The van der Waals surface area contributed by atoms with E-state index >= 15 is 0 Å². The zero-order valence-corrected chi connectivity index (χ0v) is 21.4. The molecule has 0 saturated heterocycles. The number of rotatable bonds is 7. The monoisotopic (exact) mass is 492 g/mol. The lowest BCUT2D eigenvalue weighted by Crippen LogP contribution is -2.25. The van der Waals surface area contributed by atoms with Gasteiger partial charge in [-0.05, 0) is 79.2 Å². The molecule has 0 unspecified atom stereocenters. The van der Waals surface area contributed by atoms with Crippen molar-refractivity contribution in [2.45, 2.75) is 64.0 Å². The number of ether oxygens (including phenoxy) is 2. The van der Waals surface area contributed by atoms with Gasteiger partial charge in [0.1, 0.15) is 23.1 Å². The number of methoxy groups -OCH3 is 1. The highest BCUT2D eigenvalue weighted by molar-refractivity contribution is 6.28. The third kappa shape index (κ3) is 5.18. The van der Waals surface area contributed by atoms with Crippen LogP contribution in [-0.2, 0) is 12.0 Å². The molecular formula is C28H33ClN4O2. The number of aromatic nitrogens is 2. The van der Waals surface area contributed by atoms with Crippen molar-refractivity contribution < 1.29 is 9.47 Å². The Bertz CT molecular complexity index is 1160. The van der Waals surface area contributed by atoms with Crippen LogP contribution in [0.2, 0.25) is 5.28 Å². The number of benzene rings is 2. The summed E-state index contributed by atoms with van der Waals surface area (Å²) in [4.78, 5) is 11.5. The van der Waals surface area contributed by atoms with E-state index in [-0.39, 0.29) is 10.7 Å². The van der Waals surface area contributed by atoms with E-state index in [4.69, 9.17) is 21.1 Å². The van der Waals surface area contributed by atoms with Gasteiger partial charge in [-0.3, -0.25) is 0 Å². The Hall–Kier alpha value is -2.99. The Morgan fingerprint density at radius 2 is 1.66 bits per heavy atom. The van der Waals surface area contributed by atoms with E-state index < -0.39 is 0 Å². The molecule has 0 atom stereocenters. The molecule has 2 aromatic carbocycles. The lowest BCUT2D eigenvalue weighted by atomic mass is 9.88. The summed E-state index contributed by atoms with van der Waals surface area (Å²) in [5, 5.41) is 3.74. The van der Waals surface area contributed by atoms with E-state index in [1.807, 2.05) is 24.3 Å². The molecular weight excluding hydrogens is 460 g/mol. The van der Waals surface area contributed by atoms with Gasteiger partial charge in [-0.25, -0.2) is 4.98 Å². The number of hydrogen-bond acceptors (Lipinski definition) is 6. The third-order valence-electron chi connectivity index (χ3n) is 6.97. The van der Waals surface area contributed by atoms with Crippen LogP contribution in [0.4, 0.5) is 17.3 Å². The molecule has 7 heteroatoms. The Balaban J connectivity index is 1.37. The van der Waals surface area contributed by atoms with Gasteiger partial charge in [0, 0.05) is 29.8 Å². The van der Waals surface area contributed by atoms with Crippen LogP contribution < -0.4 is 19.7 Å². The molecule has 0 radical (unpaired) electrons. The Labute approximate surface area is 212 Å². The highest BCUT2D eigenvalue weighted by Gasteiger charge is 2.40. The van der Waals surface area contributed by atoms with Crippen LogP contribution in [0.25, 0.3) is 0 Å². The van der Waals surface area contributed by atoms with Gasteiger partial charge in [0.05, 0.1) is 13.2 Å². The molecule has 1 fully saturated rings. The SMILES string of the molecule is COc1ccc(CNc2nc(Cl)nc3c2C(C)(C)CN3c2ccc(OC3CCCCC3)cc2)cc1. The van der Waals surface area contributed by atoms with Crippen LogP contribution in [-0.4, -0.2) is 29.7 Å². The van der Waals surface area contributed by atoms with E-state index in [9.17, 15) is 0 Å². The normalized spacial score (nSPS) is 17.2. The molecule has 3 aromatic rings. The van der Waals surface area contributed by atoms with Crippen LogP contribution in [0.15, 0.2) is 48.5 Å². The lowest BCUT2D eigenvalue weighted by molar-refractivity contribution is 0.155. The summed E-state index contributed by atoms with van der Waals surface area (Å²) >= 11 is 6.40. The molecule has 1 N–H and O–H groups in total. The number of hydrogen-bond donors (Lipinski definition) is 1. The maximum atomic E-state index is 6.40. The highest BCUT2D eigenvalue weighted by atomic mass is 35.5. The molecule has 6 nitrogen and oxygen atoms in total. The van der Waals surface area contributed by atoms with Gasteiger partial charge in [0.2, 0.25) is 5.28 Å². The van der Waals surface area contributed by atoms with Crippen molar-refractivity contribution in [2.24, 2.45) is 0 Å². The molecule has 0 spiro atoms. The fourth-order valence-corrected chi connectivity index (χ4v) is 5.31. The minimum atomic E-state index is -0.153. The van der Waals surface area contributed by atoms with Gasteiger partial charge in [0.25, 0.3) is 0 Å². The number of fused-ring (bicyclic) bond motifs is 1. The number of anilines is 3. The first-order valence-electron chi connectivity index (χ1n) is 12.4. The maximum absolute atomic E-state index is 6.40. The van der Waals surface area contributed by atoms with Crippen molar-refractivity contribution in [3.63, 3.8) is 0 Å². The molecule has 0 amide bonds. The van der Waals surface area contributed by atoms with Crippen LogP contribution >= 0.6 is 11.6 Å². The molecule has 5 rings (SSSR count). The minimum absolute atomic E-state index is 0.153. The molecule has 1 aliphatic carbocycles. The van der Waals surface area contributed by atoms with E-state index in [1.54, 1.807) is 7.11 Å². The fraction of sp³-hybridized carbons (Fsp3) is 0.429. The van der Waals surface area contributed by atoms with Gasteiger partial charge in [-0.15, -0.1) is 0 Å². The molecule has 35 heavy (non-hydrogen) atoms. The van der Waals surface area contributed by atoms with Crippen LogP contribution in [0.1, 0.15) is 57.1 Å². The first kappa shape index (κ1) is 23.7. The van der Waals surface area contributed by atoms with Crippen LogP contribution in [0.3, 0.4) is 0 Å². The molecule has 1 aromatic heterocycles. The standard InChI is InChI=1S/C28H33ClN4O2/c1-28(2)18-33(20-11-15-23(16-12-20)35-22-7-5-4-6-8-22)26-24(28)25(31-27(29)32-26)30-17-19-9-13-21(34-3)14-10-19/h9-16,22H,4-8,17-18H2,1-3H3,(H,30,31,32). The molecule has 1 saturated carbocycles. The zero-order chi connectivity index (χ0) is 24.4. The average Bonchev–Trinajstić information content (AvgIpc) is 3.14. The van der Waals surface area contributed by atoms with Crippen molar-refractivity contribution in [3.8, 4) is 11.5 Å². The zero-order valence-electron chi connectivity index (χ0n) is 20.7. The van der Waals surface area contributed by atoms with Gasteiger partial charge in [0.15, 0.2) is 0 Å². The summed E-state index contributed by atoms with van der Waals surface area (Å²) in [6.07, 6.45) is 6.49. The summed E-state index contributed by atoms with van der Waals surface area (Å²) in [7, 11) is 1.67. The van der Waals surface area contributed by atoms with E-state index in [0.29, 0.717) is 12.6 Å². The second kappa shape index (κ2) is 9.94. The summed E-state index contributed by atoms with van der Waals surface area (Å²) in [5.41, 5.74) is 3.14. The first-order chi connectivity index (χ1) is 16.9. The molecule has 2 aliphatic rings. The van der Waals surface area contributed by atoms with Crippen molar-refractivity contribution in [2.75, 3.05) is 23.9 Å². The lowest BCUT2D eigenvalue weighted by Gasteiger charge is -2.24. The summed E-state index contributed by atoms with van der Waals surface area (Å²) in [5.74, 6) is 3.40. The van der Waals surface area contributed by atoms with Crippen molar-refractivity contribution in [3.05, 3.63) is 64.9 Å². The number of halogens is 1. The second-order valence-electron chi connectivity index (χ2n) is 10.1. The van der Waals surface area contributed by atoms with Gasteiger partial charge >= 0.3 is 0 Å². The predicted molar refractivity (Wildman–Crippen MR) is 141 cm³/mol.